The van der Waals surface area contributed by atoms with Crippen molar-refractivity contribution in [3.8, 4) is 11.5 Å². The Bertz CT molecular complexity index is 772. The van der Waals surface area contributed by atoms with Gasteiger partial charge in [0.2, 0.25) is 5.95 Å². The Labute approximate surface area is 151 Å². The Kier molecular flexibility index (Phi) is 6.05. The maximum atomic E-state index is 12.1. The molecule has 0 atom stereocenters. The van der Waals surface area contributed by atoms with Crippen molar-refractivity contribution in [2.45, 2.75) is 13.3 Å². The molecule has 9 heteroatoms. The molecule has 0 radical (unpaired) electrons. The molecule has 0 aliphatic heterocycles. The van der Waals surface area contributed by atoms with Gasteiger partial charge in [-0.25, -0.2) is 9.78 Å². The van der Waals surface area contributed by atoms with E-state index < -0.39 is 6.09 Å². The molecule has 2 rings (SSSR count). The second kappa shape index (κ2) is 8.24. The van der Waals surface area contributed by atoms with Crippen LogP contribution >= 0.6 is 0 Å². The van der Waals surface area contributed by atoms with E-state index in [-0.39, 0.29) is 12.6 Å². The van der Waals surface area contributed by atoms with Gasteiger partial charge in [-0.05, 0) is 24.6 Å². The van der Waals surface area contributed by atoms with Crippen molar-refractivity contribution in [1.29, 1.82) is 0 Å². The fourth-order valence-electron chi connectivity index (χ4n) is 2.48. The Morgan fingerprint density at radius 2 is 1.81 bits per heavy atom. The molecule has 2 aromatic rings. The van der Waals surface area contributed by atoms with Crippen molar-refractivity contribution in [2.75, 3.05) is 44.2 Å². The predicted molar refractivity (Wildman–Crippen MR) is 98.6 cm³/mol. The van der Waals surface area contributed by atoms with Gasteiger partial charge in [0.05, 0.1) is 20.8 Å². The Morgan fingerprint density at radius 1 is 1.19 bits per heavy atom. The summed E-state index contributed by atoms with van der Waals surface area (Å²) in [6.45, 7) is 2.00. The van der Waals surface area contributed by atoms with Crippen LogP contribution in [-0.4, -0.2) is 43.9 Å². The first-order valence-electron chi connectivity index (χ1n) is 7.93. The molecule has 0 aliphatic rings. The van der Waals surface area contributed by atoms with E-state index in [1.807, 2.05) is 0 Å². The predicted octanol–water partition coefficient (Wildman–Crippen LogP) is 1.84. The lowest BCUT2D eigenvalue weighted by molar-refractivity contribution is 0.161. The summed E-state index contributed by atoms with van der Waals surface area (Å²) in [5, 5.41) is 0. The standard InChI is InChI=1S/C17H23N5O4/c1-5-26-17(23)22(2)14-12(24-3)7-10(8-13(14)25-4)6-11-9-20-16(19)21-15(11)18/h7-9H,5-6H2,1-4H3,(H4,18,19,20,21). The molecular weight excluding hydrogens is 338 g/mol. The van der Waals surface area contributed by atoms with Gasteiger partial charge in [-0.2, -0.15) is 4.98 Å². The molecule has 140 valence electrons. The summed E-state index contributed by atoms with van der Waals surface area (Å²) in [5.41, 5.74) is 13.5. The number of hydrogen-bond donors (Lipinski definition) is 2. The van der Waals surface area contributed by atoms with Crippen molar-refractivity contribution in [3.63, 3.8) is 0 Å². The van der Waals surface area contributed by atoms with Crippen molar-refractivity contribution in [2.24, 2.45) is 0 Å². The quantitative estimate of drug-likeness (QED) is 0.798. The molecule has 1 amide bonds. The molecule has 9 nitrogen and oxygen atoms in total. The number of methoxy groups -OCH3 is 2. The van der Waals surface area contributed by atoms with Crippen LogP contribution in [0.2, 0.25) is 0 Å². The average molecular weight is 361 g/mol. The molecule has 1 aromatic heterocycles. The lowest BCUT2D eigenvalue weighted by Gasteiger charge is -2.22. The van der Waals surface area contributed by atoms with E-state index in [9.17, 15) is 4.79 Å². The first-order chi connectivity index (χ1) is 12.4. The van der Waals surface area contributed by atoms with E-state index in [1.54, 1.807) is 32.3 Å². The number of benzene rings is 1. The van der Waals surface area contributed by atoms with E-state index in [0.717, 1.165) is 11.1 Å². The molecular formula is C17H23N5O4. The summed E-state index contributed by atoms with van der Waals surface area (Å²) in [6, 6.07) is 3.59. The second-order valence-corrected chi connectivity index (χ2v) is 5.42. The van der Waals surface area contributed by atoms with Crippen LogP contribution in [0, 0.1) is 0 Å². The Morgan fingerprint density at radius 3 is 2.31 bits per heavy atom. The van der Waals surface area contributed by atoms with Crippen LogP contribution in [0.25, 0.3) is 0 Å². The molecule has 26 heavy (non-hydrogen) atoms. The minimum absolute atomic E-state index is 0.118. The largest absolute Gasteiger partial charge is 0.494 e. The van der Waals surface area contributed by atoms with Crippen LogP contribution in [0.3, 0.4) is 0 Å². The summed E-state index contributed by atoms with van der Waals surface area (Å²) in [6.07, 6.45) is 1.52. The molecule has 0 spiro atoms. The molecule has 1 heterocycles. The lowest BCUT2D eigenvalue weighted by atomic mass is 10.0. The Balaban J connectivity index is 2.43. The lowest BCUT2D eigenvalue weighted by Crippen LogP contribution is -2.28. The molecule has 1 aromatic carbocycles. The van der Waals surface area contributed by atoms with Crippen LogP contribution in [0.4, 0.5) is 22.2 Å². The fourth-order valence-corrected chi connectivity index (χ4v) is 2.48. The smallest absolute Gasteiger partial charge is 0.414 e. The highest BCUT2D eigenvalue weighted by atomic mass is 16.6. The van der Waals surface area contributed by atoms with Crippen molar-refractivity contribution in [1.82, 2.24) is 9.97 Å². The highest BCUT2D eigenvalue weighted by Gasteiger charge is 2.22. The van der Waals surface area contributed by atoms with Crippen LogP contribution in [0.15, 0.2) is 18.3 Å². The second-order valence-electron chi connectivity index (χ2n) is 5.42. The third-order valence-electron chi connectivity index (χ3n) is 3.73. The van der Waals surface area contributed by atoms with Gasteiger partial charge in [-0.15, -0.1) is 0 Å². The number of ether oxygens (including phenoxy) is 3. The van der Waals surface area contributed by atoms with Crippen LogP contribution in [-0.2, 0) is 11.2 Å². The van der Waals surface area contributed by atoms with E-state index in [0.29, 0.717) is 29.4 Å². The third-order valence-corrected chi connectivity index (χ3v) is 3.73. The number of nitrogens with zero attached hydrogens (tertiary/aromatic N) is 3. The number of hydrogen-bond acceptors (Lipinski definition) is 8. The first-order valence-corrected chi connectivity index (χ1v) is 7.93. The molecule has 0 saturated carbocycles. The summed E-state index contributed by atoms with van der Waals surface area (Å²) in [5.74, 6) is 1.35. The molecule has 0 aliphatic carbocycles. The number of carbonyl (C=O) groups is 1. The van der Waals surface area contributed by atoms with Gasteiger partial charge in [0.25, 0.3) is 0 Å². The normalized spacial score (nSPS) is 10.3. The number of carbonyl (C=O) groups excluding carboxylic acids is 1. The van der Waals surface area contributed by atoms with Crippen LogP contribution < -0.4 is 25.8 Å². The molecule has 4 N–H and O–H groups in total. The van der Waals surface area contributed by atoms with Gasteiger partial charge in [-0.1, -0.05) is 0 Å². The van der Waals surface area contributed by atoms with Crippen LogP contribution in [0.1, 0.15) is 18.1 Å². The van der Waals surface area contributed by atoms with Gasteiger partial charge >= 0.3 is 6.09 Å². The number of nitrogens with two attached hydrogens (primary N) is 2. The Hall–Kier alpha value is -3.23. The number of aromatic nitrogens is 2. The average Bonchev–Trinajstić information content (AvgIpc) is 2.62. The molecule has 0 saturated heterocycles. The first kappa shape index (κ1) is 19.1. The minimum atomic E-state index is -0.506. The van der Waals surface area contributed by atoms with Gasteiger partial charge in [-0.3, -0.25) is 4.90 Å². The maximum Gasteiger partial charge on any atom is 0.414 e. The summed E-state index contributed by atoms with van der Waals surface area (Å²) in [4.78, 5) is 21.3. The SMILES string of the molecule is CCOC(=O)N(C)c1c(OC)cc(Cc2cnc(N)nc2N)cc1OC. The van der Waals surface area contributed by atoms with E-state index >= 15 is 0 Å². The molecule has 0 unspecified atom stereocenters. The topological polar surface area (TPSA) is 126 Å². The number of amides is 1. The van der Waals surface area contributed by atoms with Crippen molar-refractivity contribution < 1.29 is 19.0 Å². The van der Waals surface area contributed by atoms with Gasteiger partial charge in [0.15, 0.2) is 0 Å². The molecule has 0 bridgehead atoms. The zero-order valence-corrected chi connectivity index (χ0v) is 15.3. The highest BCUT2D eigenvalue weighted by Crippen LogP contribution is 2.39. The zero-order chi connectivity index (χ0) is 19.3. The van der Waals surface area contributed by atoms with E-state index in [1.165, 1.54) is 19.1 Å². The summed E-state index contributed by atoms with van der Waals surface area (Å²) >= 11 is 0. The third kappa shape index (κ3) is 4.05. The summed E-state index contributed by atoms with van der Waals surface area (Å²) < 4.78 is 15.9. The minimum Gasteiger partial charge on any atom is -0.494 e. The van der Waals surface area contributed by atoms with E-state index in [2.05, 4.69) is 9.97 Å². The van der Waals surface area contributed by atoms with Gasteiger partial charge in [0.1, 0.15) is 23.0 Å². The maximum absolute atomic E-state index is 12.1. The fraction of sp³-hybridized carbons (Fsp3) is 0.353. The highest BCUT2D eigenvalue weighted by molar-refractivity contribution is 5.91. The summed E-state index contributed by atoms with van der Waals surface area (Å²) in [7, 11) is 4.62. The molecule has 0 fully saturated rings. The van der Waals surface area contributed by atoms with Gasteiger partial charge < -0.3 is 25.7 Å². The number of nitrogen functional groups attached to an aromatic ring is 2. The zero-order valence-electron chi connectivity index (χ0n) is 15.3. The van der Waals surface area contributed by atoms with Crippen LogP contribution in [0.5, 0.6) is 11.5 Å². The monoisotopic (exact) mass is 361 g/mol. The van der Waals surface area contributed by atoms with Crippen molar-refractivity contribution >= 4 is 23.5 Å². The number of anilines is 3. The van der Waals surface area contributed by atoms with E-state index in [4.69, 9.17) is 25.7 Å². The number of rotatable bonds is 6. The van der Waals surface area contributed by atoms with Gasteiger partial charge in [0, 0.05) is 25.2 Å². The van der Waals surface area contributed by atoms with Crippen molar-refractivity contribution in [3.05, 3.63) is 29.5 Å².